The Kier molecular flexibility index (Phi) is 3.04. The summed E-state index contributed by atoms with van der Waals surface area (Å²) in [6.07, 6.45) is 4.33. The van der Waals surface area contributed by atoms with Crippen LogP contribution in [0.2, 0.25) is 0 Å². The maximum atomic E-state index is 8.76. The molecule has 0 radical (unpaired) electrons. The highest BCUT2D eigenvalue weighted by Crippen LogP contribution is 2.25. The quantitative estimate of drug-likeness (QED) is 0.767. The molecule has 0 fully saturated rings. The molecule has 0 aromatic heterocycles. The third kappa shape index (κ3) is 2.07. The molecule has 1 aromatic rings. The topological polar surface area (TPSA) is 32.3 Å². The molecule has 76 valence electrons. The van der Waals surface area contributed by atoms with E-state index in [0.717, 1.165) is 12.8 Å². The van der Waals surface area contributed by atoms with Gasteiger partial charge in [0.05, 0.1) is 0 Å². The third-order valence-corrected chi connectivity index (χ3v) is 2.85. The van der Waals surface area contributed by atoms with Gasteiger partial charge in [0, 0.05) is 18.3 Å². The monoisotopic (exact) mass is 191 g/mol. The summed E-state index contributed by atoms with van der Waals surface area (Å²) in [5.74, 6) is 0. The summed E-state index contributed by atoms with van der Waals surface area (Å²) in [7, 11) is 0. The van der Waals surface area contributed by atoms with Crippen LogP contribution in [0.15, 0.2) is 24.3 Å². The minimum absolute atomic E-state index is 0.305. The molecular formula is C12H17NO. The van der Waals surface area contributed by atoms with Crippen LogP contribution in [0.1, 0.15) is 24.8 Å². The molecule has 2 rings (SSSR count). The Morgan fingerprint density at radius 2 is 2.21 bits per heavy atom. The smallest absolute Gasteiger partial charge is 0.0431 e. The average Bonchev–Trinajstić information content (AvgIpc) is 2.26. The van der Waals surface area contributed by atoms with Crippen LogP contribution in [0, 0.1) is 0 Å². The fourth-order valence-corrected chi connectivity index (χ4v) is 2.06. The largest absolute Gasteiger partial charge is 0.396 e. The lowest BCUT2D eigenvalue weighted by molar-refractivity contribution is 0.279. The number of hydrogen-bond acceptors (Lipinski definition) is 2. The summed E-state index contributed by atoms with van der Waals surface area (Å²) >= 11 is 0. The van der Waals surface area contributed by atoms with Crippen molar-refractivity contribution in [1.29, 1.82) is 0 Å². The number of para-hydroxylation sites is 1. The Labute approximate surface area is 85.0 Å². The van der Waals surface area contributed by atoms with E-state index >= 15 is 0 Å². The van der Waals surface area contributed by atoms with Gasteiger partial charge in [-0.05, 0) is 37.3 Å². The van der Waals surface area contributed by atoms with Gasteiger partial charge >= 0.3 is 0 Å². The van der Waals surface area contributed by atoms with Crippen LogP contribution in [0.4, 0.5) is 5.69 Å². The number of hydrogen-bond donors (Lipinski definition) is 2. The molecule has 2 N–H and O–H groups in total. The molecule has 1 aromatic carbocycles. The minimum atomic E-state index is 0.305. The van der Waals surface area contributed by atoms with Gasteiger partial charge in [-0.15, -0.1) is 0 Å². The summed E-state index contributed by atoms with van der Waals surface area (Å²) in [5, 5.41) is 12.3. The van der Waals surface area contributed by atoms with Crippen LogP contribution in [-0.4, -0.2) is 17.8 Å². The van der Waals surface area contributed by atoms with Gasteiger partial charge in [0.1, 0.15) is 0 Å². The lowest BCUT2D eigenvalue weighted by Crippen LogP contribution is -2.25. The SMILES string of the molecule is OCCCC1CCc2ccccc2N1. The van der Waals surface area contributed by atoms with E-state index in [1.54, 1.807) is 0 Å². The van der Waals surface area contributed by atoms with E-state index in [-0.39, 0.29) is 0 Å². The molecule has 0 spiro atoms. The van der Waals surface area contributed by atoms with E-state index in [2.05, 4.69) is 29.6 Å². The second kappa shape index (κ2) is 4.47. The maximum absolute atomic E-state index is 8.76. The van der Waals surface area contributed by atoms with Crippen molar-refractivity contribution >= 4 is 5.69 Å². The van der Waals surface area contributed by atoms with Crippen molar-refractivity contribution in [2.24, 2.45) is 0 Å². The first-order valence-corrected chi connectivity index (χ1v) is 5.35. The molecular weight excluding hydrogens is 174 g/mol. The van der Waals surface area contributed by atoms with E-state index in [9.17, 15) is 0 Å². The highest BCUT2D eigenvalue weighted by molar-refractivity contribution is 5.53. The van der Waals surface area contributed by atoms with E-state index in [4.69, 9.17) is 5.11 Å². The fourth-order valence-electron chi connectivity index (χ4n) is 2.06. The first-order chi connectivity index (χ1) is 6.90. The van der Waals surface area contributed by atoms with Gasteiger partial charge in [-0.2, -0.15) is 0 Å². The molecule has 1 aliphatic rings. The number of aliphatic hydroxyl groups is 1. The van der Waals surface area contributed by atoms with E-state index in [1.165, 1.54) is 24.1 Å². The zero-order chi connectivity index (χ0) is 9.80. The molecule has 0 amide bonds. The summed E-state index contributed by atoms with van der Waals surface area (Å²) in [4.78, 5) is 0. The summed E-state index contributed by atoms with van der Waals surface area (Å²) < 4.78 is 0. The average molecular weight is 191 g/mol. The van der Waals surface area contributed by atoms with E-state index in [1.807, 2.05) is 0 Å². The highest BCUT2D eigenvalue weighted by Gasteiger charge is 2.15. The zero-order valence-corrected chi connectivity index (χ0v) is 8.37. The molecule has 1 aliphatic heterocycles. The number of nitrogens with one attached hydrogen (secondary N) is 1. The Morgan fingerprint density at radius 3 is 3.07 bits per heavy atom. The van der Waals surface area contributed by atoms with Gasteiger partial charge < -0.3 is 10.4 Å². The Morgan fingerprint density at radius 1 is 1.36 bits per heavy atom. The molecule has 1 atom stereocenters. The summed E-state index contributed by atoms with van der Waals surface area (Å²) in [6, 6.07) is 9.04. The van der Waals surface area contributed by atoms with Crippen molar-refractivity contribution in [3.8, 4) is 0 Å². The van der Waals surface area contributed by atoms with Gasteiger partial charge in [0.2, 0.25) is 0 Å². The number of aliphatic hydroxyl groups excluding tert-OH is 1. The molecule has 0 aliphatic carbocycles. The molecule has 0 saturated heterocycles. The van der Waals surface area contributed by atoms with Crippen LogP contribution in [0.3, 0.4) is 0 Å². The predicted octanol–water partition coefficient (Wildman–Crippen LogP) is 2.19. The van der Waals surface area contributed by atoms with E-state index in [0.29, 0.717) is 12.6 Å². The van der Waals surface area contributed by atoms with Crippen molar-refractivity contribution in [3.05, 3.63) is 29.8 Å². The second-order valence-corrected chi connectivity index (χ2v) is 3.90. The van der Waals surface area contributed by atoms with E-state index < -0.39 is 0 Å². The van der Waals surface area contributed by atoms with Gasteiger partial charge in [0.15, 0.2) is 0 Å². The van der Waals surface area contributed by atoms with Crippen molar-refractivity contribution in [1.82, 2.24) is 0 Å². The molecule has 2 heteroatoms. The number of fused-ring (bicyclic) bond motifs is 1. The van der Waals surface area contributed by atoms with Crippen LogP contribution in [-0.2, 0) is 6.42 Å². The molecule has 1 unspecified atom stereocenters. The van der Waals surface area contributed by atoms with Gasteiger partial charge in [-0.1, -0.05) is 18.2 Å². The minimum Gasteiger partial charge on any atom is -0.396 e. The van der Waals surface area contributed by atoms with Crippen LogP contribution in [0.5, 0.6) is 0 Å². The normalized spacial score (nSPS) is 19.9. The Balaban J connectivity index is 1.99. The van der Waals surface area contributed by atoms with Crippen LogP contribution in [0.25, 0.3) is 0 Å². The number of aryl methyl sites for hydroxylation is 1. The third-order valence-electron chi connectivity index (χ3n) is 2.85. The number of benzene rings is 1. The first-order valence-electron chi connectivity index (χ1n) is 5.35. The molecule has 0 saturated carbocycles. The zero-order valence-electron chi connectivity index (χ0n) is 8.37. The first kappa shape index (κ1) is 9.53. The number of rotatable bonds is 3. The summed E-state index contributed by atoms with van der Waals surface area (Å²) in [6.45, 7) is 0.305. The molecule has 0 bridgehead atoms. The van der Waals surface area contributed by atoms with Gasteiger partial charge in [-0.3, -0.25) is 0 Å². The predicted molar refractivity (Wildman–Crippen MR) is 58.5 cm³/mol. The molecule has 2 nitrogen and oxygen atoms in total. The molecule has 1 heterocycles. The lowest BCUT2D eigenvalue weighted by atomic mass is 9.95. The Hall–Kier alpha value is -1.02. The second-order valence-electron chi connectivity index (χ2n) is 3.90. The van der Waals surface area contributed by atoms with Crippen molar-refractivity contribution in [2.75, 3.05) is 11.9 Å². The maximum Gasteiger partial charge on any atom is 0.0431 e. The van der Waals surface area contributed by atoms with Crippen molar-refractivity contribution in [3.63, 3.8) is 0 Å². The van der Waals surface area contributed by atoms with Gasteiger partial charge in [-0.25, -0.2) is 0 Å². The van der Waals surface area contributed by atoms with Crippen molar-refractivity contribution < 1.29 is 5.11 Å². The van der Waals surface area contributed by atoms with Crippen LogP contribution >= 0.6 is 0 Å². The molecule has 14 heavy (non-hydrogen) atoms. The Bertz CT molecular complexity index is 298. The van der Waals surface area contributed by atoms with Gasteiger partial charge in [0.25, 0.3) is 0 Å². The fraction of sp³-hybridized carbons (Fsp3) is 0.500. The number of anilines is 1. The van der Waals surface area contributed by atoms with Crippen LogP contribution < -0.4 is 5.32 Å². The lowest BCUT2D eigenvalue weighted by Gasteiger charge is -2.26. The highest BCUT2D eigenvalue weighted by atomic mass is 16.2. The summed E-state index contributed by atoms with van der Waals surface area (Å²) in [5.41, 5.74) is 2.70. The van der Waals surface area contributed by atoms with Crippen molar-refractivity contribution in [2.45, 2.75) is 31.7 Å². The standard InChI is InChI=1S/C12H17NO/c14-9-3-5-11-8-7-10-4-1-2-6-12(10)13-11/h1-2,4,6,11,13-14H,3,5,7-9H2.